The quantitative estimate of drug-likeness (QED) is 0.484. The first-order valence-corrected chi connectivity index (χ1v) is 7.01. The minimum atomic E-state index is 0.210. The molecular weight excluding hydrogens is 260 g/mol. The van der Waals surface area contributed by atoms with Gasteiger partial charge in [-0.1, -0.05) is 0 Å². The molecule has 1 aromatic heterocycles. The van der Waals surface area contributed by atoms with Crippen molar-refractivity contribution in [3.05, 3.63) is 0 Å². The van der Waals surface area contributed by atoms with Crippen LogP contribution in [0.1, 0.15) is 32.6 Å². The molecule has 0 aliphatic carbocycles. The third kappa shape index (κ3) is 3.45. The number of nitrogens with zero attached hydrogens (tertiary/aromatic N) is 4. The molecule has 0 aromatic carbocycles. The highest BCUT2D eigenvalue weighted by molar-refractivity contribution is 5.39. The molecule has 20 heavy (non-hydrogen) atoms. The van der Waals surface area contributed by atoms with Gasteiger partial charge in [0.15, 0.2) is 0 Å². The summed E-state index contributed by atoms with van der Waals surface area (Å²) >= 11 is 0. The zero-order valence-corrected chi connectivity index (χ0v) is 11.7. The third-order valence-electron chi connectivity index (χ3n) is 3.34. The molecule has 1 aliphatic rings. The number of hydrogen-bond donors (Lipinski definition) is 3. The molecule has 2 rings (SSSR count). The van der Waals surface area contributed by atoms with Crippen LogP contribution in [0.2, 0.25) is 0 Å². The highest BCUT2D eigenvalue weighted by Crippen LogP contribution is 2.26. The number of hydrazine groups is 1. The molecule has 4 N–H and O–H groups in total. The Balaban J connectivity index is 2.19. The number of aromatic nitrogens is 3. The van der Waals surface area contributed by atoms with Gasteiger partial charge in [0.05, 0.1) is 6.61 Å². The molecule has 112 valence electrons. The molecule has 0 bridgehead atoms. The topological polar surface area (TPSA) is 109 Å². The predicted octanol–water partition coefficient (Wildman–Crippen LogP) is 0.297. The van der Waals surface area contributed by atoms with E-state index in [9.17, 15) is 0 Å². The molecule has 1 aliphatic heterocycles. The van der Waals surface area contributed by atoms with E-state index < -0.39 is 0 Å². The van der Waals surface area contributed by atoms with E-state index in [2.05, 4.69) is 25.3 Å². The number of nitrogens with two attached hydrogens (primary N) is 1. The van der Waals surface area contributed by atoms with Crippen molar-refractivity contribution in [1.29, 1.82) is 0 Å². The number of aliphatic hydroxyl groups excluding tert-OH is 1. The van der Waals surface area contributed by atoms with E-state index in [1.165, 1.54) is 0 Å². The molecule has 1 saturated heterocycles. The summed E-state index contributed by atoms with van der Waals surface area (Å²) in [5.74, 6) is 6.27. The van der Waals surface area contributed by atoms with E-state index in [1.54, 1.807) is 0 Å². The molecule has 0 spiro atoms. The van der Waals surface area contributed by atoms with Crippen LogP contribution in [0.15, 0.2) is 0 Å². The SMILES string of the molecule is CCOc1nc(NN)nc(N2CCCC2CCCO)n1. The van der Waals surface area contributed by atoms with Gasteiger partial charge in [-0.25, -0.2) is 5.84 Å². The maximum atomic E-state index is 8.97. The fraction of sp³-hybridized carbons (Fsp3) is 0.750. The summed E-state index contributed by atoms with van der Waals surface area (Å²) in [6.45, 7) is 3.47. The van der Waals surface area contributed by atoms with Crippen molar-refractivity contribution < 1.29 is 9.84 Å². The first-order chi connectivity index (χ1) is 9.78. The molecule has 1 fully saturated rings. The molecule has 2 heterocycles. The summed E-state index contributed by atoms with van der Waals surface area (Å²) in [6, 6.07) is 0.628. The van der Waals surface area contributed by atoms with Crippen LogP contribution in [0.4, 0.5) is 11.9 Å². The second kappa shape index (κ2) is 7.20. The van der Waals surface area contributed by atoms with Crippen molar-refractivity contribution in [3.8, 4) is 6.01 Å². The van der Waals surface area contributed by atoms with Crippen LogP contribution in [0.3, 0.4) is 0 Å². The summed E-state index contributed by atoms with van der Waals surface area (Å²) in [7, 11) is 0. The van der Waals surface area contributed by atoms with Crippen LogP contribution in [0.25, 0.3) is 0 Å². The lowest BCUT2D eigenvalue weighted by molar-refractivity contribution is 0.279. The number of aliphatic hydroxyl groups is 1. The van der Waals surface area contributed by atoms with Crippen molar-refractivity contribution in [2.45, 2.75) is 38.6 Å². The van der Waals surface area contributed by atoms with Crippen molar-refractivity contribution in [2.75, 3.05) is 30.1 Å². The standard InChI is InChI=1S/C12H22N6O2/c1-2-20-12-15-10(17-13)14-11(16-12)18-7-3-5-9(18)6-4-8-19/h9,19H,2-8,13H2,1H3,(H,14,15,16,17). The van der Waals surface area contributed by atoms with Crippen LogP contribution in [-0.4, -0.2) is 45.9 Å². The Morgan fingerprint density at radius 1 is 1.45 bits per heavy atom. The lowest BCUT2D eigenvalue weighted by Gasteiger charge is -2.24. The molecule has 8 nitrogen and oxygen atoms in total. The van der Waals surface area contributed by atoms with Crippen molar-refractivity contribution >= 4 is 11.9 Å². The van der Waals surface area contributed by atoms with Gasteiger partial charge in [0.2, 0.25) is 11.9 Å². The Hall–Kier alpha value is -1.67. The van der Waals surface area contributed by atoms with Crippen molar-refractivity contribution in [1.82, 2.24) is 15.0 Å². The van der Waals surface area contributed by atoms with E-state index >= 15 is 0 Å². The van der Waals surface area contributed by atoms with E-state index in [0.29, 0.717) is 24.5 Å². The third-order valence-corrected chi connectivity index (χ3v) is 3.34. The number of nitrogens with one attached hydrogen (secondary N) is 1. The zero-order chi connectivity index (χ0) is 14.4. The first kappa shape index (κ1) is 14.7. The Bertz CT molecular complexity index is 430. The van der Waals surface area contributed by atoms with Gasteiger partial charge >= 0.3 is 6.01 Å². The van der Waals surface area contributed by atoms with Gasteiger partial charge in [0.1, 0.15) is 0 Å². The van der Waals surface area contributed by atoms with E-state index in [1.807, 2.05) is 6.92 Å². The summed E-state index contributed by atoms with van der Waals surface area (Å²) in [5.41, 5.74) is 2.44. The summed E-state index contributed by atoms with van der Waals surface area (Å²) < 4.78 is 5.34. The molecule has 0 saturated carbocycles. The number of nitrogen functional groups attached to an aromatic ring is 1. The summed E-state index contributed by atoms with van der Waals surface area (Å²) in [4.78, 5) is 14.8. The summed E-state index contributed by atoms with van der Waals surface area (Å²) in [6.07, 6.45) is 3.89. The number of ether oxygens (including phenoxy) is 1. The van der Waals surface area contributed by atoms with E-state index in [-0.39, 0.29) is 12.6 Å². The molecule has 1 atom stereocenters. The fourth-order valence-corrected chi connectivity index (χ4v) is 2.46. The van der Waals surface area contributed by atoms with Crippen LogP contribution in [-0.2, 0) is 0 Å². The number of anilines is 2. The van der Waals surface area contributed by atoms with Crippen LogP contribution >= 0.6 is 0 Å². The highest BCUT2D eigenvalue weighted by Gasteiger charge is 2.27. The number of rotatable bonds is 7. The number of hydrogen-bond acceptors (Lipinski definition) is 8. The minimum Gasteiger partial charge on any atom is -0.464 e. The largest absolute Gasteiger partial charge is 0.464 e. The van der Waals surface area contributed by atoms with Crippen LogP contribution in [0, 0.1) is 0 Å². The smallest absolute Gasteiger partial charge is 0.323 e. The molecule has 1 unspecified atom stereocenters. The van der Waals surface area contributed by atoms with E-state index in [4.69, 9.17) is 15.7 Å². The van der Waals surface area contributed by atoms with Crippen LogP contribution in [0.5, 0.6) is 6.01 Å². The fourth-order valence-electron chi connectivity index (χ4n) is 2.46. The molecule has 1 aromatic rings. The molecule has 0 amide bonds. The Labute approximate surface area is 118 Å². The van der Waals surface area contributed by atoms with Crippen LogP contribution < -0.4 is 20.9 Å². The monoisotopic (exact) mass is 282 g/mol. The van der Waals surface area contributed by atoms with Crippen molar-refractivity contribution in [2.24, 2.45) is 5.84 Å². The Morgan fingerprint density at radius 2 is 2.30 bits per heavy atom. The van der Waals surface area contributed by atoms with Gasteiger partial charge in [-0.05, 0) is 32.6 Å². The average Bonchev–Trinajstić information content (AvgIpc) is 2.93. The second-order valence-corrected chi connectivity index (χ2v) is 4.67. The highest BCUT2D eigenvalue weighted by atomic mass is 16.5. The minimum absolute atomic E-state index is 0.210. The molecule has 8 heteroatoms. The first-order valence-electron chi connectivity index (χ1n) is 7.01. The van der Waals surface area contributed by atoms with Gasteiger partial charge in [0, 0.05) is 19.2 Å². The second-order valence-electron chi connectivity index (χ2n) is 4.67. The van der Waals surface area contributed by atoms with E-state index in [0.717, 1.165) is 32.2 Å². The average molecular weight is 282 g/mol. The predicted molar refractivity (Wildman–Crippen MR) is 75.5 cm³/mol. The molecule has 0 radical (unpaired) electrons. The van der Waals surface area contributed by atoms with Gasteiger partial charge in [-0.3, -0.25) is 5.43 Å². The van der Waals surface area contributed by atoms with Gasteiger partial charge in [-0.2, -0.15) is 15.0 Å². The molecular formula is C12H22N6O2. The normalized spacial score (nSPS) is 18.4. The van der Waals surface area contributed by atoms with Gasteiger partial charge in [0.25, 0.3) is 0 Å². The van der Waals surface area contributed by atoms with Gasteiger partial charge < -0.3 is 14.7 Å². The van der Waals surface area contributed by atoms with Gasteiger partial charge in [-0.15, -0.1) is 0 Å². The maximum absolute atomic E-state index is 8.97. The van der Waals surface area contributed by atoms with Crippen molar-refractivity contribution in [3.63, 3.8) is 0 Å². The summed E-state index contributed by atoms with van der Waals surface area (Å²) in [5, 5.41) is 8.97. The lowest BCUT2D eigenvalue weighted by atomic mass is 10.1. The Kier molecular flexibility index (Phi) is 5.31. The Morgan fingerprint density at radius 3 is 3.00 bits per heavy atom. The maximum Gasteiger partial charge on any atom is 0.323 e. The lowest BCUT2D eigenvalue weighted by Crippen LogP contribution is -2.31. The zero-order valence-electron chi connectivity index (χ0n) is 11.7.